The number of nitrogens with one attached hydrogen (secondary N) is 3. The molecule has 160 valence electrons. The largest absolute Gasteiger partial charge is 0.497 e. The number of anilines is 1. The summed E-state index contributed by atoms with van der Waals surface area (Å²) in [5, 5.41) is 7.04. The van der Waals surface area contributed by atoms with Crippen LogP contribution in [0.4, 0.5) is 10.5 Å². The van der Waals surface area contributed by atoms with E-state index in [9.17, 15) is 14.4 Å². The lowest BCUT2D eigenvalue weighted by Gasteiger charge is -2.13. The number of aromatic nitrogens is 1. The number of H-pyrrole nitrogens is 1. The Morgan fingerprint density at radius 3 is 2.71 bits per heavy atom. The number of ether oxygens (including phenoxy) is 1. The van der Waals surface area contributed by atoms with E-state index in [4.69, 9.17) is 16.3 Å². The van der Waals surface area contributed by atoms with E-state index in [1.54, 1.807) is 24.3 Å². The highest BCUT2D eigenvalue weighted by Crippen LogP contribution is 2.24. The van der Waals surface area contributed by atoms with Gasteiger partial charge in [-0.15, -0.1) is 0 Å². The maximum atomic E-state index is 12.7. The zero-order valence-electron chi connectivity index (χ0n) is 16.8. The summed E-state index contributed by atoms with van der Waals surface area (Å²) in [6, 6.07) is 10.7. The van der Waals surface area contributed by atoms with Crippen LogP contribution in [0.25, 0.3) is 10.9 Å². The molecule has 1 aromatic heterocycles. The molecule has 0 radical (unpaired) electrons. The summed E-state index contributed by atoms with van der Waals surface area (Å²) in [5.74, 6) is -0.158. The Kier molecular flexibility index (Phi) is 5.81. The predicted molar refractivity (Wildman–Crippen MR) is 117 cm³/mol. The molecule has 0 aliphatic carbocycles. The second-order valence-electron chi connectivity index (χ2n) is 7.18. The van der Waals surface area contributed by atoms with E-state index >= 15 is 0 Å². The van der Waals surface area contributed by atoms with Crippen LogP contribution in [-0.4, -0.2) is 42.5 Å². The summed E-state index contributed by atoms with van der Waals surface area (Å²) < 4.78 is 5.09. The number of aromatic amines is 1. The topological polar surface area (TPSA) is 104 Å². The third-order valence-electron chi connectivity index (χ3n) is 5.19. The molecular weight excluding hydrogens is 420 g/mol. The number of carbonyl (C=O) groups is 3. The van der Waals surface area contributed by atoms with E-state index in [1.807, 2.05) is 24.4 Å². The van der Waals surface area contributed by atoms with E-state index < -0.39 is 18.0 Å². The number of urea groups is 1. The molecule has 1 aliphatic rings. The van der Waals surface area contributed by atoms with E-state index in [0.29, 0.717) is 29.4 Å². The molecule has 9 heteroatoms. The smallest absolute Gasteiger partial charge is 0.329 e. The molecule has 0 saturated carbocycles. The van der Waals surface area contributed by atoms with Crippen molar-refractivity contribution in [2.75, 3.05) is 18.6 Å². The van der Waals surface area contributed by atoms with Gasteiger partial charge in [-0.1, -0.05) is 11.6 Å². The maximum Gasteiger partial charge on any atom is 0.329 e. The summed E-state index contributed by atoms with van der Waals surface area (Å²) >= 11 is 6.06. The Bertz CT molecular complexity index is 1140. The van der Waals surface area contributed by atoms with Gasteiger partial charge in [-0.2, -0.15) is 0 Å². The van der Waals surface area contributed by atoms with Crippen LogP contribution in [0.1, 0.15) is 12.0 Å². The molecule has 31 heavy (non-hydrogen) atoms. The van der Waals surface area contributed by atoms with Crippen molar-refractivity contribution < 1.29 is 19.1 Å². The third kappa shape index (κ3) is 4.34. The first-order chi connectivity index (χ1) is 15.0. The highest BCUT2D eigenvalue weighted by atomic mass is 35.5. The zero-order chi connectivity index (χ0) is 22.0. The molecule has 1 aliphatic heterocycles. The average molecular weight is 441 g/mol. The SMILES string of the molecule is COc1ccc(N2C(=O)N[C@H](CC(=O)NCCc3c[nH]c4ccc(Cl)cc34)C2=O)cc1. The van der Waals surface area contributed by atoms with Crippen LogP contribution in [-0.2, 0) is 16.0 Å². The molecule has 1 fully saturated rings. The van der Waals surface area contributed by atoms with Gasteiger partial charge in [0.15, 0.2) is 0 Å². The Labute approximate surface area is 183 Å². The molecular formula is C22H21ClN4O4. The van der Waals surface area contributed by atoms with Gasteiger partial charge in [-0.3, -0.25) is 9.59 Å². The standard InChI is InChI=1S/C22H21ClN4O4/c1-31-16-5-3-15(4-6-16)27-21(29)19(26-22(27)30)11-20(28)24-9-8-13-12-25-18-7-2-14(23)10-17(13)18/h2-7,10,12,19,25H,8-9,11H2,1H3,(H,24,28)(H,26,30)/t19-/m1/s1. The molecule has 1 saturated heterocycles. The normalized spacial score (nSPS) is 15.9. The van der Waals surface area contributed by atoms with Crippen molar-refractivity contribution in [3.63, 3.8) is 0 Å². The van der Waals surface area contributed by atoms with Crippen LogP contribution in [0, 0.1) is 0 Å². The van der Waals surface area contributed by atoms with E-state index in [2.05, 4.69) is 15.6 Å². The third-order valence-corrected chi connectivity index (χ3v) is 5.42. The van der Waals surface area contributed by atoms with E-state index in [-0.39, 0.29) is 12.3 Å². The summed E-state index contributed by atoms with van der Waals surface area (Å²) in [6.07, 6.45) is 2.37. The number of halogens is 1. The number of methoxy groups -OCH3 is 1. The number of rotatable bonds is 7. The van der Waals surface area contributed by atoms with Crippen molar-refractivity contribution in [1.29, 1.82) is 0 Å². The van der Waals surface area contributed by atoms with E-state index in [0.717, 1.165) is 21.4 Å². The van der Waals surface area contributed by atoms with Crippen molar-refractivity contribution in [2.45, 2.75) is 18.9 Å². The summed E-state index contributed by atoms with van der Waals surface area (Å²) in [6.45, 7) is 0.398. The number of nitrogens with zero attached hydrogens (tertiary/aromatic N) is 1. The first-order valence-electron chi connectivity index (χ1n) is 9.77. The summed E-state index contributed by atoms with van der Waals surface area (Å²) in [5.41, 5.74) is 2.43. The first-order valence-corrected chi connectivity index (χ1v) is 10.1. The van der Waals surface area contributed by atoms with Crippen molar-refractivity contribution in [1.82, 2.24) is 15.6 Å². The Balaban J connectivity index is 1.32. The molecule has 3 N–H and O–H groups in total. The fourth-order valence-corrected chi connectivity index (χ4v) is 3.77. The predicted octanol–water partition coefficient (Wildman–Crippen LogP) is 3.00. The van der Waals surface area contributed by atoms with Crippen LogP contribution in [0.2, 0.25) is 5.02 Å². The van der Waals surface area contributed by atoms with Gasteiger partial charge in [0, 0.05) is 28.7 Å². The molecule has 0 spiro atoms. The van der Waals surface area contributed by atoms with Crippen LogP contribution in [0.5, 0.6) is 5.75 Å². The second kappa shape index (κ2) is 8.69. The van der Waals surface area contributed by atoms with Gasteiger partial charge in [-0.05, 0) is 54.4 Å². The Morgan fingerprint density at radius 2 is 1.97 bits per heavy atom. The van der Waals surface area contributed by atoms with Crippen molar-refractivity contribution in [3.8, 4) is 5.75 Å². The van der Waals surface area contributed by atoms with Gasteiger partial charge in [0.25, 0.3) is 5.91 Å². The van der Waals surface area contributed by atoms with Crippen molar-refractivity contribution >= 4 is 46.0 Å². The minimum atomic E-state index is -0.901. The van der Waals surface area contributed by atoms with Gasteiger partial charge < -0.3 is 20.4 Å². The molecule has 3 aromatic rings. The molecule has 4 amide bonds. The van der Waals surface area contributed by atoms with Gasteiger partial charge >= 0.3 is 6.03 Å². The van der Waals surface area contributed by atoms with E-state index in [1.165, 1.54) is 7.11 Å². The fraction of sp³-hybridized carbons (Fsp3) is 0.227. The molecule has 0 bridgehead atoms. The lowest BCUT2D eigenvalue weighted by molar-refractivity contribution is -0.125. The van der Waals surface area contributed by atoms with Gasteiger partial charge in [0.2, 0.25) is 5.91 Å². The molecule has 0 unspecified atom stereocenters. The number of amides is 4. The number of fused-ring (bicyclic) bond motifs is 1. The quantitative estimate of drug-likeness (QED) is 0.491. The molecule has 2 heterocycles. The fourth-order valence-electron chi connectivity index (χ4n) is 3.60. The first kappa shape index (κ1) is 20.7. The number of hydrogen-bond donors (Lipinski definition) is 3. The molecule has 2 aromatic carbocycles. The minimum Gasteiger partial charge on any atom is -0.497 e. The lowest BCUT2D eigenvalue weighted by atomic mass is 10.1. The second-order valence-corrected chi connectivity index (χ2v) is 7.62. The molecule has 1 atom stereocenters. The van der Waals surface area contributed by atoms with Crippen molar-refractivity contribution in [3.05, 3.63) is 59.2 Å². The van der Waals surface area contributed by atoms with Gasteiger partial charge in [-0.25, -0.2) is 9.69 Å². The van der Waals surface area contributed by atoms with Crippen LogP contribution in [0.15, 0.2) is 48.7 Å². The number of carbonyl (C=O) groups excluding carboxylic acids is 3. The Morgan fingerprint density at radius 1 is 1.19 bits per heavy atom. The molecule has 8 nitrogen and oxygen atoms in total. The lowest BCUT2D eigenvalue weighted by Crippen LogP contribution is -2.37. The highest BCUT2D eigenvalue weighted by molar-refractivity contribution is 6.31. The average Bonchev–Trinajstić information content (AvgIpc) is 3.28. The number of imide groups is 1. The van der Waals surface area contributed by atoms with Gasteiger partial charge in [0.1, 0.15) is 11.8 Å². The monoisotopic (exact) mass is 440 g/mol. The van der Waals surface area contributed by atoms with Crippen LogP contribution in [0.3, 0.4) is 0 Å². The van der Waals surface area contributed by atoms with Crippen LogP contribution < -0.4 is 20.3 Å². The zero-order valence-corrected chi connectivity index (χ0v) is 17.5. The number of hydrogen-bond acceptors (Lipinski definition) is 4. The maximum absolute atomic E-state index is 12.7. The molecule has 4 rings (SSSR count). The number of benzene rings is 2. The Hall–Kier alpha value is -3.52. The van der Waals surface area contributed by atoms with Crippen LogP contribution >= 0.6 is 11.6 Å². The van der Waals surface area contributed by atoms with Gasteiger partial charge in [0.05, 0.1) is 19.2 Å². The summed E-state index contributed by atoms with van der Waals surface area (Å²) in [7, 11) is 1.53. The minimum absolute atomic E-state index is 0.128. The summed E-state index contributed by atoms with van der Waals surface area (Å²) in [4.78, 5) is 41.5. The highest BCUT2D eigenvalue weighted by Gasteiger charge is 2.40. The van der Waals surface area contributed by atoms with Crippen molar-refractivity contribution in [2.24, 2.45) is 0 Å².